The third kappa shape index (κ3) is 2.19. The molecule has 18 heavy (non-hydrogen) atoms. The minimum absolute atomic E-state index is 0.00959. The first-order chi connectivity index (χ1) is 8.71. The molecule has 1 aromatic heterocycles. The van der Waals surface area contributed by atoms with E-state index in [1.54, 1.807) is 14.2 Å². The van der Waals surface area contributed by atoms with Crippen LogP contribution in [0.1, 0.15) is 0 Å². The zero-order valence-corrected chi connectivity index (χ0v) is 10.8. The number of hydrogen-bond acceptors (Lipinski definition) is 7. The van der Waals surface area contributed by atoms with Crippen molar-refractivity contribution in [1.29, 1.82) is 0 Å². The first-order valence-corrected chi connectivity index (χ1v) is 5.66. The minimum Gasteiger partial charge on any atom is -0.479 e. The summed E-state index contributed by atoms with van der Waals surface area (Å²) in [7, 11) is 4.87. The summed E-state index contributed by atoms with van der Waals surface area (Å²) in [6.07, 6.45) is 1.46. The average molecular weight is 254 g/mol. The molecule has 2 heterocycles. The average Bonchev–Trinajstić information content (AvgIpc) is 2.82. The Balaban J connectivity index is 2.23. The van der Waals surface area contributed by atoms with Crippen molar-refractivity contribution < 1.29 is 14.2 Å². The van der Waals surface area contributed by atoms with Crippen molar-refractivity contribution in [3.8, 4) is 5.88 Å². The second-order valence-electron chi connectivity index (χ2n) is 4.07. The van der Waals surface area contributed by atoms with Gasteiger partial charge in [-0.15, -0.1) is 0 Å². The largest absolute Gasteiger partial charge is 0.479 e. The van der Waals surface area contributed by atoms with Gasteiger partial charge in [0.15, 0.2) is 5.82 Å². The Bertz CT molecular complexity index is 403. The molecule has 7 nitrogen and oxygen atoms in total. The lowest BCUT2D eigenvalue weighted by atomic mass is 10.3. The molecule has 0 spiro atoms. The van der Waals surface area contributed by atoms with Crippen LogP contribution in [-0.2, 0) is 9.47 Å². The maximum absolute atomic E-state index is 5.97. The summed E-state index contributed by atoms with van der Waals surface area (Å²) >= 11 is 0. The third-order valence-electron chi connectivity index (χ3n) is 3.14. The van der Waals surface area contributed by atoms with Gasteiger partial charge in [0.25, 0.3) is 0 Å². The summed E-state index contributed by atoms with van der Waals surface area (Å²) in [5.74, 6) is 1.04. The van der Waals surface area contributed by atoms with Gasteiger partial charge in [0.1, 0.15) is 24.2 Å². The molecule has 2 rings (SSSR count). The van der Waals surface area contributed by atoms with Gasteiger partial charge in [0.2, 0.25) is 5.88 Å². The fourth-order valence-electron chi connectivity index (χ4n) is 2.16. The zero-order chi connectivity index (χ0) is 13.1. The molecular weight excluding hydrogens is 236 g/mol. The van der Waals surface area contributed by atoms with Crippen LogP contribution in [0.5, 0.6) is 5.88 Å². The monoisotopic (exact) mass is 254 g/mol. The predicted molar refractivity (Wildman–Crippen MR) is 66.8 cm³/mol. The smallest absolute Gasteiger partial charge is 0.242 e. The fourth-order valence-corrected chi connectivity index (χ4v) is 2.16. The highest BCUT2D eigenvalue weighted by Gasteiger charge is 2.34. The number of methoxy groups -OCH3 is 3. The highest BCUT2D eigenvalue weighted by atomic mass is 16.5. The molecule has 0 aromatic carbocycles. The molecule has 2 atom stereocenters. The molecule has 0 aliphatic carbocycles. The number of hydrogen-bond donors (Lipinski definition) is 1. The highest BCUT2D eigenvalue weighted by Crippen LogP contribution is 2.30. The Morgan fingerprint density at radius 3 is 2.28 bits per heavy atom. The first-order valence-electron chi connectivity index (χ1n) is 5.66. The number of rotatable bonds is 4. The Kier molecular flexibility index (Phi) is 3.83. The molecule has 100 valence electrons. The van der Waals surface area contributed by atoms with Crippen LogP contribution < -0.4 is 15.4 Å². The van der Waals surface area contributed by atoms with Gasteiger partial charge in [-0.05, 0) is 0 Å². The number of aromatic nitrogens is 2. The van der Waals surface area contributed by atoms with Crippen molar-refractivity contribution in [2.24, 2.45) is 0 Å². The van der Waals surface area contributed by atoms with Crippen molar-refractivity contribution in [3.05, 3.63) is 6.33 Å². The van der Waals surface area contributed by atoms with E-state index in [0.717, 1.165) is 0 Å². The van der Waals surface area contributed by atoms with E-state index >= 15 is 0 Å². The summed E-state index contributed by atoms with van der Waals surface area (Å²) in [5.41, 5.74) is 6.41. The fraction of sp³-hybridized carbons (Fsp3) is 0.636. The molecule has 1 fully saturated rings. The number of nitrogens with two attached hydrogens (primary N) is 1. The lowest BCUT2D eigenvalue weighted by Crippen LogP contribution is -2.27. The maximum atomic E-state index is 5.97. The molecule has 0 saturated carbocycles. The van der Waals surface area contributed by atoms with Crippen molar-refractivity contribution in [1.82, 2.24) is 9.97 Å². The molecule has 1 saturated heterocycles. The summed E-state index contributed by atoms with van der Waals surface area (Å²) in [6.45, 7) is 1.36. The van der Waals surface area contributed by atoms with E-state index in [4.69, 9.17) is 19.9 Å². The molecule has 7 heteroatoms. The SMILES string of the molecule is COc1ncnc(N2CC(OC)C(OC)C2)c1N. The third-order valence-corrected chi connectivity index (χ3v) is 3.14. The van der Waals surface area contributed by atoms with E-state index in [9.17, 15) is 0 Å². The van der Waals surface area contributed by atoms with Gasteiger partial charge in [-0.3, -0.25) is 0 Å². The van der Waals surface area contributed by atoms with E-state index in [2.05, 4.69) is 9.97 Å². The quantitative estimate of drug-likeness (QED) is 0.804. The van der Waals surface area contributed by atoms with Crippen LogP contribution in [0.2, 0.25) is 0 Å². The standard InChI is InChI=1S/C11H18N4O3/c1-16-7-4-15(5-8(7)17-2)10-9(12)11(18-3)14-6-13-10/h6-8H,4-5,12H2,1-3H3. The Morgan fingerprint density at radius 2 is 1.78 bits per heavy atom. The molecule has 2 unspecified atom stereocenters. The van der Waals surface area contributed by atoms with Gasteiger partial charge in [-0.2, -0.15) is 4.98 Å². The predicted octanol–water partition coefficient (Wildman–Crippen LogP) is -0.0826. The molecule has 1 aliphatic heterocycles. The van der Waals surface area contributed by atoms with E-state index in [1.807, 2.05) is 4.90 Å². The Hall–Kier alpha value is -1.60. The normalized spacial score (nSPS) is 23.4. The van der Waals surface area contributed by atoms with Crippen LogP contribution in [-0.4, -0.2) is 56.6 Å². The van der Waals surface area contributed by atoms with E-state index in [0.29, 0.717) is 30.5 Å². The van der Waals surface area contributed by atoms with Crippen LogP contribution in [0.15, 0.2) is 6.33 Å². The van der Waals surface area contributed by atoms with Gasteiger partial charge in [0, 0.05) is 27.3 Å². The summed E-state index contributed by atoms with van der Waals surface area (Å²) in [5, 5.41) is 0. The van der Waals surface area contributed by atoms with E-state index in [1.165, 1.54) is 13.4 Å². The van der Waals surface area contributed by atoms with Crippen molar-refractivity contribution in [2.75, 3.05) is 45.1 Å². The maximum Gasteiger partial charge on any atom is 0.242 e. The van der Waals surface area contributed by atoms with E-state index < -0.39 is 0 Å². The zero-order valence-electron chi connectivity index (χ0n) is 10.8. The molecule has 1 aliphatic rings. The van der Waals surface area contributed by atoms with Gasteiger partial charge >= 0.3 is 0 Å². The summed E-state index contributed by atoms with van der Waals surface area (Å²) in [6, 6.07) is 0. The van der Waals surface area contributed by atoms with Crippen LogP contribution in [0.3, 0.4) is 0 Å². The summed E-state index contributed by atoms with van der Waals surface area (Å²) in [4.78, 5) is 10.2. The van der Waals surface area contributed by atoms with Crippen LogP contribution in [0.25, 0.3) is 0 Å². The molecule has 2 N–H and O–H groups in total. The molecule has 0 bridgehead atoms. The minimum atomic E-state index is 0.00959. The Labute approximate surface area is 106 Å². The van der Waals surface area contributed by atoms with Gasteiger partial charge in [-0.1, -0.05) is 0 Å². The topological polar surface area (TPSA) is 82.7 Å². The van der Waals surface area contributed by atoms with Gasteiger partial charge < -0.3 is 24.8 Å². The summed E-state index contributed by atoms with van der Waals surface area (Å²) < 4.78 is 15.8. The van der Waals surface area contributed by atoms with Crippen LogP contribution in [0.4, 0.5) is 11.5 Å². The second-order valence-corrected chi connectivity index (χ2v) is 4.07. The molecule has 0 amide bonds. The molecule has 1 aromatic rings. The number of nitrogen functional groups attached to an aromatic ring is 1. The lowest BCUT2D eigenvalue weighted by molar-refractivity contribution is -0.00461. The van der Waals surface area contributed by atoms with Crippen LogP contribution in [0, 0.1) is 0 Å². The molecule has 0 radical (unpaired) electrons. The Morgan fingerprint density at radius 1 is 1.17 bits per heavy atom. The number of anilines is 2. The first kappa shape index (κ1) is 12.8. The molecular formula is C11H18N4O3. The van der Waals surface area contributed by atoms with Crippen molar-refractivity contribution >= 4 is 11.5 Å². The van der Waals surface area contributed by atoms with Crippen LogP contribution >= 0.6 is 0 Å². The number of nitrogens with zero attached hydrogens (tertiary/aromatic N) is 3. The van der Waals surface area contributed by atoms with Crippen molar-refractivity contribution in [3.63, 3.8) is 0 Å². The second kappa shape index (κ2) is 5.36. The number of ether oxygens (including phenoxy) is 3. The van der Waals surface area contributed by atoms with Crippen molar-refractivity contribution in [2.45, 2.75) is 12.2 Å². The van der Waals surface area contributed by atoms with Gasteiger partial charge in [-0.25, -0.2) is 4.98 Å². The highest BCUT2D eigenvalue weighted by molar-refractivity contribution is 5.68. The lowest BCUT2D eigenvalue weighted by Gasteiger charge is -2.19. The van der Waals surface area contributed by atoms with E-state index in [-0.39, 0.29) is 12.2 Å². The van der Waals surface area contributed by atoms with Gasteiger partial charge in [0.05, 0.1) is 7.11 Å².